The van der Waals surface area contributed by atoms with Crippen molar-refractivity contribution in [3.05, 3.63) is 161 Å². The molecule has 0 aliphatic rings. The third-order valence-corrected chi connectivity index (χ3v) is 11.3. The van der Waals surface area contributed by atoms with Crippen molar-refractivity contribution in [2.24, 2.45) is 14.1 Å². The van der Waals surface area contributed by atoms with Gasteiger partial charge in [-0.15, -0.1) is 0 Å². The van der Waals surface area contributed by atoms with Gasteiger partial charge >= 0.3 is 28.0 Å². The summed E-state index contributed by atoms with van der Waals surface area (Å²) in [6.07, 6.45) is -4.91. The Morgan fingerprint density at radius 1 is 0.891 bits per heavy atom. The van der Waals surface area contributed by atoms with Crippen LogP contribution in [-0.4, -0.2) is 52.3 Å². The molecule has 6 aromatic rings. The quantitative estimate of drug-likeness (QED) is 0.0626. The smallest absolute Gasteiger partial charge is 0.431 e. The maximum absolute atomic E-state index is 13.1. The van der Waals surface area contributed by atoms with E-state index >= 15 is 0 Å². The lowest BCUT2D eigenvalue weighted by molar-refractivity contribution is -0.148. The Kier molecular flexibility index (Phi) is 15.2. The van der Waals surface area contributed by atoms with Crippen molar-refractivity contribution in [3.8, 4) is 23.1 Å². The molecular weight excluding hydrogens is 904 g/mol. The number of methoxy groups -OCH3 is 1. The second-order valence-electron chi connectivity index (χ2n) is 14.1. The van der Waals surface area contributed by atoms with E-state index in [9.17, 15) is 40.8 Å². The highest BCUT2D eigenvalue weighted by molar-refractivity contribution is 7.87. The van der Waals surface area contributed by atoms with Crippen LogP contribution in [0.1, 0.15) is 57.8 Å². The molecule has 0 bridgehead atoms. The molecule has 0 fully saturated rings. The number of aromatic nitrogens is 4. The summed E-state index contributed by atoms with van der Waals surface area (Å²) < 4.78 is 88.3. The van der Waals surface area contributed by atoms with Crippen LogP contribution in [0, 0.1) is 13.8 Å². The minimum Gasteiger partial charge on any atom is -0.489 e. The van der Waals surface area contributed by atoms with Crippen LogP contribution >= 0.6 is 23.2 Å². The molecule has 6 rings (SSSR count). The number of carbonyl (C=O) groups excluding carboxylic acids is 2. The average Bonchev–Trinajstić information content (AvgIpc) is 3.51. The van der Waals surface area contributed by atoms with E-state index in [0.717, 1.165) is 24.6 Å². The Labute approximate surface area is 375 Å². The first-order valence-electron chi connectivity index (χ1n) is 19.1. The third-order valence-electron chi connectivity index (χ3n) is 9.55. The number of ketones is 1. The number of hydrogen-bond acceptors (Lipinski definition) is 11. The van der Waals surface area contributed by atoms with Gasteiger partial charge in [0.05, 0.1) is 23.5 Å². The highest BCUT2D eigenvalue weighted by atomic mass is 35.5. The normalized spacial score (nSPS) is 11.9. The molecule has 2 aromatic heterocycles. The fraction of sp³-hybridized carbons (Fsp3) is 0.250. The zero-order valence-corrected chi connectivity index (χ0v) is 37.6. The van der Waals surface area contributed by atoms with Gasteiger partial charge in [0, 0.05) is 36.3 Å². The van der Waals surface area contributed by atoms with Gasteiger partial charge in [-0.25, -0.2) is 18.8 Å². The number of halogens is 5. The Balaban J connectivity index is 0.000000248. The van der Waals surface area contributed by atoms with Crippen molar-refractivity contribution in [2.75, 3.05) is 7.11 Å². The number of esters is 1. The molecule has 64 heavy (non-hydrogen) atoms. The molecule has 0 aliphatic carbocycles. The van der Waals surface area contributed by atoms with Gasteiger partial charge in [0.2, 0.25) is 11.7 Å². The summed E-state index contributed by atoms with van der Waals surface area (Å²) in [5, 5.41) is 4.66. The summed E-state index contributed by atoms with van der Waals surface area (Å²) in [5.74, 6) is -0.384. The predicted octanol–water partition coefficient (Wildman–Crippen LogP) is 7.98. The summed E-state index contributed by atoms with van der Waals surface area (Å²) in [5.41, 5.74) is -0.401. The molecule has 0 saturated carbocycles. The van der Waals surface area contributed by atoms with Crippen molar-refractivity contribution >= 4 is 45.1 Å². The Bertz CT molecular complexity index is 2930. The van der Waals surface area contributed by atoms with Crippen LogP contribution in [0.25, 0.3) is 5.69 Å². The van der Waals surface area contributed by atoms with Crippen molar-refractivity contribution in [2.45, 2.75) is 57.9 Å². The van der Waals surface area contributed by atoms with Crippen molar-refractivity contribution in [3.63, 3.8) is 0 Å². The summed E-state index contributed by atoms with van der Waals surface area (Å²) in [6, 6.07) is 22.3. The lowest BCUT2D eigenvalue weighted by atomic mass is 10.0. The van der Waals surface area contributed by atoms with Crippen LogP contribution < -0.4 is 24.9 Å². The molecule has 338 valence electrons. The van der Waals surface area contributed by atoms with E-state index in [-0.39, 0.29) is 39.2 Å². The molecule has 0 radical (unpaired) electrons. The number of benzene rings is 4. The summed E-state index contributed by atoms with van der Waals surface area (Å²) in [4.78, 5) is 49.5. The van der Waals surface area contributed by atoms with Crippen molar-refractivity contribution in [1.29, 1.82) is 0 Å². The monoisotopic (exact) mass is 944 g/mol. The van der Waals surface area contributed by atoms with Crippen molar-refractivity contribution < 1.29 is 49.6 Å². The van der Waals surface area contributed by atoms with E-state index in [0.29, 0.717) is 43.0 Å². The van der Waals surface area contributed by atoms with E-state index in [1.807, 2.05) is 32.0 Å². The largest absolute Gasteiger partial charge is 0.489 e. The van der Waals surface area contributed by atoms with E-state index < -0.39 is 51.1 Å². The maximum atomic E-state index is 13.1. The van der Waals surface area contributed by atoms with Gasteiger partial charge < -0.3 is 18.4 Å². The first kappa shape index (κ1) is 48.7. The highest BCUT2D eigenvalue weighted by Gasteiger charge is 2.35. The minimum absolute atomic E-state index is 0.0161. The number of hydrogen-bond donors (Lipinski definition) is 0. The van der Waals surface area contributed by atoms with Crippen LogP contribution in [0.3, 0.4) is 0 Å². The zero-order chi connectivity index (χ0) is 47.3. The molecule has 0 spiro atoms. The van der Waals surface area contributed by atoms with E-state index in [1.54, 1.807) is 26.0 Å². The third kappa shape index (κ3) is 11.2. The molecule has 0 saturated heterocycles. The Morgan fingerprint density at radius 2 is 1.55 bits per heavy atom. The molecule has 0 aliphatic heterocycles. The van der Waals surface area contributed by atoms with Gasteiger partial charge in [-0.3, -0.25) is 14.2 Å². The van der Waals surface area contributed by atoms with E-state index in [2.05, 4.69) is 5.10 Å². The second-order valence-corrected chi connectivity index (χ2v) is 16.5. The first-order chi connectivity index (χ1) is 30.1. The molecule has 0 amide bonds. The number of ether oxygens (including phenoxy) is 3. The van der Waals surface area contributed by atoms with Gasteiger partial charge in [-0.1, -0.05) is 60.0 Å². The average molecular weight is 946 g/mol. The summed E-state index contributed by atoms with van der Waals surface area (Å²) in [6.45, 7) is 7.06. The van der Waals surface area contributed by atoms with Gasteiger partial charge in [-0.05, 0) is 93.4 Å². The summed E-state index contributed by atoms with van der Waals surface area (Å²) >= 11 is 12.0. The lowest BCUT2D eigenvalue weighted by Gasteiger charge is -2.17. The molecule has 0 N–H and O–H groups in total. The number of alkyl halides is 3. The Morgan fingerprint density at radius 3 is 2.14 bits per heavy atom. The minimum atomic E-state index is -4.84. The fourth-order valence-electron chi connectivity index (χ4n) is 6.10. The molecule has 14 nitrogen and oxygen atoms in total. The van der Waals surface area contributed by atoms with Gasteiger partial charge in [-0.2, -0.15) is 26.7 Å². The van der Waals surface area contributed by atoms with Crippen LogP contribution in [0.5, 0.6) is 17.4 Å². The Hall–Kier alpha value is -6.37. The van der Waals surface area contributed by atoms with Gasteiger partial charge in [0.15, 0.2) is 6.10 Å². The maximum Gasteiger partial charge on any atom is 0.431 e. The predicted molar refractivity (Wildman–Crippen MR) is 231 cm³/mol. The standard InChI is InChI=1S/C25H25F3N2O6.C19H16Cl2N2O4S/c1-5-16-6-7-17(20(12-16)36-15(2)23(32)34-4)14-35-19-10-8-18(9-11-19)30-22(31)13-21(25(26,27)28)29(3)24(30)33;1-11-4-7-14(8-5-11)28(25,26)27-19-17(12(2)22-23(19)3)18(24)15-9-6-13(20)10-16(15)21/h6-13,15H,5,14H2,1-4H3;4-10H,1-3H3. The summed E-state index contributed by atoms with van der Waals surface area (Å²) in [7, 11) is -0.450. The van der Waals surface area contributed by atoms with Gasteiger partial charge in [0.25, 0.3) is 5.56 Å². The topological polar surface area (TPSA) is 167 Å². The van der Waals surface area contributed by atoms with Crippen LogP contribution in [0.2, 0.25) is 10.0 Å². The lowest BCUT2D eigenvalue weighted by Crippen LogP contribution is -2.40. The molecule has 20 heteroatoms. The van der Waals surface area contributed by atoms with Crippen LogP contribution in [0.15, 0.2) is 105 Å². The molecule has 2 heterocycles. The van der Waals surface area contributed by atoms with E-state index in [4.69, 9.17) is 41.6 Å². The number of rotatable bonds is 13. The molecular formula is C44H41Cl2F3N4O10S. The van der Waals surface area contributed by atoms with Crippen molar-refractivity contribution in [1.82, 2.24) is 18.9 Å². The zero-order valence-electron chi connectivity index (χ0n) is 35.3. The second kappa shape index (κ2) is 20.0. The molecule has 1 unspecified atom stereocenters. The first-order valence-corrected chi connectivity index (χ1v) is 21.3. The number of carbonyl (C=O) groups is 2. The van der Waals surface area contributed by atoms with Crippen LogP contribution in [0.4, 0.5) is 13.2 Å². The van der Waals surface area contributed by atoms with Crippen LogP contribution in [-0.2, 0) is 52.9 Å². The number of aryl methyl sites for hydroxylation is 4. The van der Waals surface area contributed by atoms with E-state index in [1.165, 1.54) is 73.4 Å². The number of nitrogens with zero attached hydrogens (tertiary/aromatic N) is 4. The molecule has 4 aromatic carbocycles. The SMILES string of the molecule is CCc1ccc(COc2ccc(-n3c(=O)cc(C(F)(F)F)n(C)c3=O)cc2)c(OC(C)C(=O)OC)c1.Cc1ccc(S(=O)(=O)Oc2c(C(=O)c3ccc(Cl)cc3Cl)c(C)nn2C)cc1. The molecule has 1 atom stereocenters. The fourth-order valence-corrected chi connectivity index (χ4v) is 7.56. The highest BCUT2D eigenvalue weighted by Crippen LogP contribution is 2.32. The van der Waals surface area contributed by atoms with Gasteiger partial charge in [0.1, 0.15) is 34.3 Å².